The molecule has 3 saturated carbocycles. The fourth-order valence-electron chi connectivity index (χ4n) is 8.69. The largest absolute Gasteiger partial charge is 0.393 e. The van der Waals surface area contributed by atoms with Gasteiger partial charge in [-0.3, -0.25) is 0 Å². The molecule has 0 spiro atoms. The van der Waals surface area contributed by atoms with Crippen molar-refractivity contribution in [1.82, 2.24) is 0 Å². The molecule has 0 bridgehead atoms. The first kappa shape index (κ1) is 25.4. The lowest BCUT2D eigenvalue weighted by atomic mass is 9.43. The summed E-state index contributed by atoms with van der Waals surface area (Å²) in [5.74, 6) is 2.52. The molecule has 10 atom stereocenters. The Bertz CT molecular complexity index is 803. The number of rotatable bonds is 5. The first-order valence-corrected chi connectivity index (χ1v) is 13.6. The summed E-state index contributed by atoms with van der Waals surface area (Å²) < 4.78 is 0. The van der Waals surface area contributed by atoms with Gasteiger partial charge in [0.1, 0.15) is 11.7 Å². The van der Waals surface area contributed by atoms with Crippen molar-refractivity contribution < 1.29 is 20.4 Å². The zero-order chi connectivity index (χ0) is 24.4. The Morgan fingerprint density at radius 2 is 1.70 bits per heavy atom. The third-order valence-corrected chi connectivity index (χ3v) is 11.1. The van der Waals surface area contributed by atoms with E-state index in [0.29, 0.717) is 42.9 Å². The van der Waals surface area contributed by atoms with Crippen LogP contribution in [0.25, 0.3) is 0 Å². The molecule has 4 rings (SSSR count). The van der Waals surface area contributed by atoms with E-state index in [9.17, 15) is 20.4 Å². The Balaban J connectivity index is 1.65. The van der Waals surface area contributed by atoms with Crippen LogP contribution in [0.3, 0.4) is 0 Å². The zero-order valence-corrected chi connectivity index (χ0v) is 21.7. The van der Waals surface area contributed by atoms with Gasteiger partial charge in [-0.15, -0.1) is 0 Å². The first-order valence-electron chi connectivity index (χ1n) is 13.6. The monoisotopic (exact) mass is 460 g/mol. The SMILES string of the molecule is CCC(/C=C/[C@@H](C)[C@H]1CCC2C3=C[C@@H](O)[C@@]4(O)C[C@@H](O)CC[C@]4(C)[C@@]3(O)CC[C@@]21C)C(C)C. The van der Waals surface area contributed by atoms with Crippen molar-refractivity contribution in [2.75, 3.05) is 0 Å². The van der Waals surface area contributed by atoms with Crippen molar-refractivity contribution in [2.24, 2.45) is 40.4 Å². The Morgan fingerprint density at radius 3 is 2.33 bits per heavy atom. The maximum absolute atomic E-state index is 12.2. The Hall–Kier alpha value is -0.680. The van der Waals surface area contributed by atoms with Crippen molar-refractivity contribution in [1.29, 1.82) is 0 Å². The van der Waals surface area contributed by atoms with Gasteiger partial charge in [-0.05, 0) is 85.5 Å². The predicted octanol–water partition coefficient (Wildman–Crippen LogP) is 5.00. The van der Waals surface area contributed by atoms with Gasteiger partial charge < -0.3 is 20.4 Å². The van der Waals surface area contributed by atoms with Gasteiger partial charge >= 0.3 is 0 Å². The molecule has 0 heterocycles. The van der Waals surface area contributed by atoms with E-state index < -0.39 is 28.8 Å². The Labute approximate surface area is 201 Å². The molecule has 0 radical (unpaired) electrons. The average molecular weight is 461 g/mol. The highest BCUT2D eigenvalue weighted by Crippen LogP contribution is 2.69. The van der Waals surface area contributed by atoms with E-state index in [1.54, 1.807) is 6.08 Å². The lowest BCUT2D eigenvalue weighted by Gasteiger charge is -2.65. The molecule has 33 heavy (non-hydrogen) atoms. The van der Waals surface area contributed by atoms with E-state index in [-0.39, 0.29) is 17.8 Å². The van der Waals surface area contributed by atoms with Crippen LogP contribution in [-0.2, 0) is 0 Å². The van der Waals surface area contributed by atoms with E-state index in [4.69, 9.17) is 0 Å². The molecule has 188 valence electrons. The minimum absolute atomic E-state index is 0.0844. The normalized spacial score (nSPS) is 49.4. The maximum Gasteiger partial charge on any atom is 0.105 e. The number of aliphatic hydroxyl groups is 4. The second kappa shape index (κ2) is 8.47. The van der Waals surface area contributed by atoms with Crippen molar-refractivity contribution in [3.05, 3.63) is 23.8 Å². The molecule has 0 saturated heterocycles. The number of hydrogen-bond donors (Lipinski definition) is 4. The molecule has 0 aromatic rings. The molecular weight excluding hydrogens is 412 g/mol. The van der Waals surface area contributed by atoms with Crippen LogP contribution in [0.15, 0.2) is 23.8 Å². The standard InChI is InChI=1S/C29H48O4/c1-7-20(18(2)3)9-8-19(4)22-10-11-23-24-16-25(31)29(33)17-21(30)12-13-27(29,6)28(24,32)15-14-26(22,23)5/h8-9,16,18-23,25,30-33H,7,10-15,17H2,1-6H3/b9-8+/t19-,20?,21+,22-,23?,25-,26-,27-,28-,29+/m1/s1. The lowest BCUT2D eigenvalue weighted by Crippen LogP contribution is -2.72. The summed E-state index contributed by atoms with van der Waals surface area (Å²) in [6, 6.07) is 0. The van der Waals surface area contributed by atoms with Gasteiger partial charge in [0.15, 0.2) is 0 Å². The molecular formula is C29H48O4. The minimum atomic E-state index is -1.49. The van der Waals surface area contributed by atoms with Crippen LogP contribution < -0.4 is 0 Å². The molecule has 4 aliphatic rings. The first-order chi connectivity index (χ1) is 15.3. The van der Waals surface area contributed by atoms with E-state index in [1.165, 1.54) is 6.42 Å². The molecule has 0 aromatic heterocycles. The van der Waals surface area contributed by atoms with Crippen molar-refractivity contribution >= 4 is 0 Å². The third kappa shape index (κ3) is 3.53. The summed E-state index contributed by atoms with van der Waals surface area (Å²) in [7, 11) is 0. The van der Waals surface area contributed by atoms with E-state index >= 15 is 0 Å². The predicted molar refractivity (Wildman–Crippen MR) is 132 cm³/mol. The van der Waals surface area contributed by atoms with Crippen molar-refractivity contribution in [3.8, 4) is 0 Å². The van der Waals surface area contributed by atoms with Crippen LogP contribution in [0.5, 0.6) is 0 Å². The Kier molecular flexibility index (Phi) is 6.52. The lowest BCUT2D eigenvalue weighted by molar-refractivity contribution is -0.258. The highest BCUT2D eigenvalue weighted by molar-refractivity contribution is 5.40. The van der Waals surface area contributed by atoms with Gasteiger partial charge in [0.2, 0.25) is 0 Å². The van der Waals surface area contributed by atoms with Gasteiger partial charge in [-0.1, -0.05) is 59.8 Å². The number of hydrogen-bond acceptors (Lipinski definition) is 4. The molecule has 4 aliphatic carbocycles. The van der Waals surface area contributed by atoms with Gasteiger partial charge in [-0.25, -0.2) is 0 Å². The molecule has 4 N–H and O–H groups in total. The second-order valence-corrected chi connectivity index (χ2v) is 12.9. The molecule has 4 nitrogen and oxygen atoms in total. The fourth-order valence-corrected chi connectivity index (χ4v) is 8.69. The Morgan fingerprint density at radius 1 is 1.00 bits per heavy atom. The van der Waals surface area contributed by atoms with Crippen LogP contribution in [0, 0.1) is 40.4 Å². The number of fused-ring (bicyclic) bond motifs is 5. The fraction of sp³-hybridized carbons (Fsp3) is 0.862. The summed E-state index contributed by atoms with van der Waals surface area (Å²) in [6.07, 6.45) is 11.1. The highest BCUT2D eigenvalue weighted by Gasteiger charge is 2.70. The smallest absolute Gasteiger partial charge is 0.105 e. The number of allylic oxidation sites excluding steroid dienone is 2. The van der Waals surface area contributed by atoms with E-state index in [0.717, 1.165) is 24.8 Å². The van der Waals surface area contributed by atoms with Crippen molar-refractivity contribution in [2.45, 2.75) is 116 Å². The summed E-state index contributed by atoms with van der Waals surface area (Å²) in [6.45, 7) is 13.6. The van der Waals surface area contributed by atoms with Crippen LogP contribution in [0.2, 0.25) is 0 Å². The third-order valence-electron chi connectivity index (χ3n) is 11.1. The number of aliphatic hydroxyl groups excluding tert-OH is 2. The van der Waals surface area contributed by atoms with Crippen LogP contribution in [0.4, 0.5) is 0 Å². The molecule has 4 heteroatoms. The van der Waals surface area contributed by atoms with E-state index in [1.807, 2.05) is 6.92 Å². The minimum Gasteiger partial charge on any atom is -0.393 e. The van der Waals surface area contributed by atoms with Crippen LogP contribution in [-0.4, -0.2) is 43.8 Å². The average Bonchev–Trinajstić information content (AvgIpc) is 3.10. The van der Waals surface area contributed by atoms with Gasteiger partial charge in [-0.2, -0.15) is 0 Å². The molecule has 0 aromatic carbocycles. The molecule has 2 unspecified atom stereocenters. The summed E-state index contributed by atoms with van der Waals surface area (Å²) in [4.78, 5) is 0. The zero-order valence-electron chi connectivity index (χ0n) is 21.7. The topological polar surface area (TPSA) is 80.9 Å². The second-order valence-electron chi connectivity index (χ2n) is 12.9. The summed E-state index contributed by atoms with van der Waals surface area (Å²) in [5, 5.41) is 45.3. The van der Waals surface area contributed by atoms with Gasteiger partial charge in [0.05, 0.1) is 11.7 Å². The van der Waals surface area contributed by atoms with Crippen molar-refractivity contribution in [3.63, 3.8) is 0 Å². The van der Waals surface area contributed by atoms with Crippen LogP contribution >= 0.6 is 0 Å². The van der Waals surface area contributed by atoms with Gasteiger partial charge in [0, 0.05) is 11.8 Å². The van der Waals surface area contributed by atoms with E-state index in [2.05, 4.69) is 46.8 Å². The highest BCUT2D eigenvalue weighted by atomic mass is 16.4. The quantitative estimate of drug-likeness (QED) is 0.435. The summed E-state index contributed by atoms with van der Waals surface area (Å²) in [5.41, 5.74) is -2.40. The molecule has 0 aliphatic heterocycles. The molecule has 3 fully saturated rings. The van der Waals surface area contributed by atoms with Gasteiger partial charge in [0.25, 0.3) is 0 Å². The van der Waals surface area contributed by atoms with Crippen LogP contribution in [0.1, 0.15) is 92.9 Å². The summed E-state index contributed by atoms with van der Waals surface area (Å²) >= 11 is 0. The maximum atomic E-state index is 12.2. The molecule has 0 amide bonds.